The van der Waals surface area contributed by atoms with Crippen LogP contribution in [-0.2, 0) is 19.3 Å². The first-order valence-electron chi connectivity index (χ1n) is 20.6. The first-order valence-corrected chi connectivity index (χ1v) is 39.5. The first kappa shape index (κ1) is 58.6. The molecule has 2 unspecified atom stereocenters. The maximum absolute atomic E-state index is 11.6. The van der Waals surface area contributed by atoms with E-state index < -0.39 is 0 Å². The summed E-state index contributed by atoms with van der Waals surface area (Å²) in [7, 11) is 6.41. The van der Waals surface area contributed by atoms with Crippen molar-refractivity contribution in [2.24, 2.45) is 11.8 Å². The summed E-state index contributed by atoms with van der Waals surface area (Å²) in [6, 6.07) is 0. The summed E-state index contributed by atoms with van der Waals surface area (Å²) in [4.78, 5) is 32.8. The zero-order valence-electron chi connectivity index (χ0n) is 34.2. The van der Waals surface area contributed by atoms with Crippen molar-refractivity contribution in [2.45, 2.75) is 200 Å². The molecule has 0 bridgehead atoms. The van der Waals surface area contributed by atoms with Crippen molar-refractivity contribution < 1.29 is 32.5 Å². The number of carbonyl (C=O) groups excluding carboxylic acids is 2. The van der Waals surface area contributed by atoms with Crippen LogP contribution in [0.1, 0.15) is 200 Å². The molecule has 314 valence electrons. The van der Waals surface area contributed by atoms with E-state index >= 15 is 0 Å². The Labute approximate surface area is 376 Å². The summed E-state index contributed by atoms with van der Waals surface area (Å²) >= 11 is 9.54. The molecule has 6 nitrogen and oxygen atoms in total. The van der Waals surface area contributed by atoms with Crippen molar-refractivity contribution in [1.82, 2.24) is 10.1 Å². The molecule has 0 aromatic carbocycles. The van der Waals surface area contributed by atoms with Crippen molar-refractivity contribution in [3.8, 4) is 0 Å². The molecule has 1 fully saturated rings. The van der Waals surface area contributed by atoms with Crippen LogP contribution < -0.4 is 13.3 Å². The fourth-order valence-electron chi connectivity index (χ4n) is 6.28. The van der Waals surface area contributed by atoms with Crippen LogP contribution in [0.4, 0.5) is 0 Å². The molecule has 0 spiro atoms. The molecule has 2 atom stereocenters. The number of hydroxylamine groups is 4. The van der Waals surface area contributed by atoms with Crippen LogP contribution in [0.2, 0.25) is 0 Å². The second-order valence-corrected chi connectivity index (χ2v) is 30.4. The quantitative estimate of drug-likeness (QED) is 0.0291. The number of nitrogens with zero attached hydrogens (tertiary/aromatic N) is 2. The van der Waals surface area contributed by atoms with Crippen LogP contribution in [0, 0.1) is 11.8 Å². The van der Waals surface area contributed by atoms with E-state index in [1.165, 1.54) is 178 Å². The van der Waals surface area contributed by atoms with E-state index in [0.717, 1.165) is 31.1 Å². The Bertz CT molecular complexity index is 767. The average Bonchev–Trinajstić information content (AvgIpc) is 3.92. The van der Waals surface area contributed by atoms with Crippen molar-refractivity contribution in [3.05, 3.63) is 12.2 Å². The minimum atomic E-state index is 0.0742. The third kappa shape index (κ3) is 45.0. The van der Waals surface area contributed by atoms with Gasteiger partial charge in [0.2, 0.25) is 11.8 Å². The molecule has 1 rings (SSSR count). The second kappa shape index (κ2) is 49.4. The van der Waals surface area contributed by atoms with Crippen LogP contribution in [0.25, 0.3) is 0 Å². The van der Waals surface area contributed by atoms with E-state index in [0.29, 0.717) is 26.1 Å². The summed E-state index contributed by atoms with van der Waals surface area (Å²) in [5.74, 6) is 2.29. The number of rotatable bonds is 32. The van der Waals surface area contributed by atoms with Crippen LogP contribution >= 0.6 is 74.5 Å². The predicted molar refractivity (Wildman–Crippen MR) is 257 cm³/mol. The number of hydrogen-bond donors (Lipinski definition) is 0. The number of allylic oxidation sites excluding steroid dienone is 2. The van der Waals surface area contributed by atoms with Gasteiger partial charge in [-0.15, -0.1) is 0 Å². The Balaban J connectivity index is -0.000000822. The van der Waals surface area contributed by atoms with E-state index in [2.05, 4.69) is 100 Å². The van der Waals surface area contributed by atoms with Gasteiger partial charge in [0.15, 0.2) is 0 Å². The number of hydrogen-bond acceptors (Lipinski definition) is 4. The number of carbonyl (C=O) groups is 2. The molecule has 2 amide bonds. The fourth-order valence-corrected chi connectivity index (χ4v) is 6.28. The predicted octanol–water partition coefficient (Wildman–Crippen LogP) is 12.7. The van der Waals surface area contributed by atoms with Crippen molar-refractivity contribution in [3.63, 3.8) is 0 Å². The zero-order chi connectivity index (χ0) is 39.5. The summed E-state index contributed by atoms with van der Waals surface area (Å²) in [5, 5.41) is 2.64. The molecule has 0 heterocycles. The number of amides is 2. The average molecular weight is 1300 g/mol. The van der Waals surface area contributed by atoms with Crippen LogP contribution in [-0.4, -0.2) is 50.3 Å². The van der Waals surface area contributed by atoms with Gasteiger partial charge in [-0.05, 0) is 56.8 Å². The van der Waals surface area contributed by atoms with Gasteiger partial charge in [0.05, 0.1) is 14.2 Å². The van der Waals surface area contributed by atoms with Gasteiger partial charge in [-0.3, -0.25) is 19.3 Å². The molecule has 1 saturated carbocycles. The second-order valence-electron chi connectivity index (χ2n) is 14.2. The molecule has 0 radical (unpaired) electrons. The van der Waals surface area contributed by atoms with E-state index in [4.69, 9.17) is 9.68 Å². The van der Waals surface area contributed by atoms with Gasteiger partial charge in [-0.1, -0.05) is 154 Å². The monoisotopic (exact) mass is 1300 g/mol. The van der Waals surface area contributed by atoms with Gasteiger partial charge in [-0.2, -0.15) is 0 Å². The molecule has 0 saturated heterocycles. The van der Waals surface area contributed by atoms with Crippen LogP contribution in [0.3, 0.4) is 0 Å². The molecule has 0 aromatic rings. The Morgan fingerprint density at radius 1 is 0.558 bits per heavy atom. The topological polar surface area (TPSA) is 59.1 Å². The van der Waals surface area contributed by atoms with Crippen molar-refractivity contribution in [2.75, 3.05) is 28.3 Å². The third-order valence-electron chi connectivity index (χ3n) is 9.87. The summed E-state index contributed by atoms with van der Waals surface area (Å²) in [6.07, 6.45) is 41.8. The normalized spacial score (nSPS) is 14.5. The molecule has 0 aromatic heterocycles. The first-order chi connectivity index (χ1) is 25.3. The van der Waals surface area contributed by atoms with Crippen LogP contribution in [0.5, 0.6) is 0 Å². The van der Waals surface area contributed by atoms with Crippen LogP contribution in [0.15, 0.2) is 12.2 Å². The van der Waals surface area contributed by atoms with E-state index in [-0.39, 0.29) is 11.8 Å². The minimum absolute atomic E-state index is 0.0742. The molecule has 1 aliphatic rings. The molecular weight excluding hydrogens is 1220 g/mol. The summed E-state index contributed by atoms with van der Waals surface area (Å²) in [5.41, 5.74) is 0. The molecule has 1 aliphatic carbocycles. The number of halogens is 5. The van der Waals surface area contributed by atoms with Gasteiger partial charge in [0.1, 0.15) is 0 Å². The fraction of sp³-hybridized carbons (Fsp3) is 0.902. The zero-order valence-corrected chi connectivity index (χ0v) is 45.0. The third-order valence-corrected chi connectivity index (χ3v) is 9.87. The summed E-state index contributed by atoms with van der Waals surface area (Å²) in [6.45, 7) is 4.55. The van der Waals surface area contributed by atoms with Crippen molar-refractivity contribution >= 4 is 86.3 Å². The van der Waals surface area contributed by atoms with Gasteiger partial charge in [-0.25, -0.2) is 10.1 Å². The SMILES string of the molecule is CCCCCCCC/C=C\CCCCCCCC(=O)N(C)OC.CCCCCCCCC1CC1CCCCCCCC(=O)N(C)OC.II.I[I-]I. The van der Waals surface area contributed by atoms with E-state index in [1.54, 1.807) is 14.1 Å². The molecular formula is C41H80I5N2O4-. The Kier molecular flexibility index (Phi) is 55.6. The number of unbranched alkanes of at least 4 members (excludes halogenated alkanes) is 20. The molecule has 0 N–H and O–H groups in total. The van der Waals surface area contributed by atoms with Crippen molar-refractivity contribution in [1.29, 1.82) is 0 Å². The summed E-state index contributed by atoms with van der Waals surface area (Å²) < 4.78 is 0. The Hall–Kier alpha value is 2.25. The standard InChI is InChI=1S/C21H41NO2.C20H39NO2.I3.I2/c1-4-5-6-7-9-12-15-19-18-20(19)16-13-10-8-11-14-17-21(23)22(2)24-3;1-4-5-6-7-8-9-10-11-12-13-14-15-16-17-18-19-20(22)21(2)23-3;1-3-2;1-2/h19-20H,4-18H2,1-3H3;11-12H,4-10,13-19H2,1-3H3;;/q;;-1;/b;12-11-;;. The van der Waals surface area contributed by atoms with Gasteiger partial charge < -0.3 is 0 Å². The van der Waals surface area contributed by atoms with E-state index in [1.807, 2.05) is 0 Å². The molecule has 52 heavy (non-hydrogen) atoms. The van der Waals surface area contributed by atoms with Gasteiger partial charge in [0, 0.05) is 64.2 Å². The Morgan fingerprint density at radius 3 is 1.17 bits per heavy atom. The Morgan fingerprint density at radius 2 is 0.846 bits per heavy atom. The van der Waals surface area contributed by atoms with Gasteiger partial charge in [0.25, 0.3) is 0 Å². The van der Waals surface area contributed by atoms with Gasteiger partial charge >= 0.3 is 50.5 Å². The maximum atomic E-state index is 11.6. The molecule has 11 heteroatoms. The van der Waals surface area contributed by atoms with E-state index in [9.17, 15) is 9.59 Å². The molecule has 0 aliphatic heterocycles.